The SMILES string of the molecule is CCn1c2ccccc2c2cc(NC(=O)[C@@H](C)N(C)CC(=O)N(C)C)ccc21. The molecule has 0 saturated carbocycles. The van der Waals surface area contributed by atoms with Gasteiger partial charge in [0.1, 0.15) is 0 Å². The van der Waals surface area contributed by atoms with Crippen LogP contribution in [0.3, 0.4) is 0 Å². The van der Waals surface area contributed by atoms with Gasteiger partial charge in [0.25, 0.3) is 0 Å². The first-order chi connectivity index (χ1) is 13.3. The molecule has 1 aromatic heterocycles. The van der Waals surface area contributed by atoms with Crippen molar-refractivity contribution in [3.05, 3.63) is 42.5 Å². The Morgan fingerprint density at radius 3 is 2.39 bits per heavy atom. The van der Waals surface area contributed by atoms with Gasteiger partial charge in [-0.15, -0.1) is 0 Å². The summed E-state index contributed by atoms with van der Waals surface area (Å²) in [6.45, 7) is 5.02. The van der Waals surface area contributed by atoms with Crippen molar-refractivity contribution in [1.29, 1.82) is 0 Å². The summed E-state index contributed by atoms with van der Waals surface area (Å²) in [5.41, 5.74) is 3.11. The van der Waals surface area contributed by atoms with Crippen molar-refractivity contribution in [2.45, 2.75) is 26.4 Å². The molecule has 0 spiro atoms. The Bertz CT molecular complexity index is 1020. The summed E-state index contributed by atoms with van der Waals surface area (Å²) in [4.78, 5) is 27.8. The van der Waals surface area contributed by atoms with E-state index in [1.54, 1.807) is 33.0 Å². The zero-order valence-corrected chi connectivity index (χ0v) is 17.2. The van der Waals surface area contributed by atoms with Crippen LogP contribution in [0.4, 0.5) is 5.69 Å². The fourth-order valence-corrected chi connectivity index (χ4v) is 3.41. The molecule has 6 nitrogen and oxygen atoms in total. The molecule has 3 rings (SSSR count). The molecule has 28 heavy (non-hydrogen) atoms. The largest absolute Gasteiger partial charge is 0.348 e. The van der Waals surface area contributed by atoms with Crippen molar-refractivity contribution in [2.75, 3.05) is 33.0 Å². The van der Waals surface area contributed by atoms with Gasteiger partial charge in [-0.05, 0) is 45.2 Å². The Morgan fingerprint density at radius 1 is 1.04 bits per heavy atom. The summed E-state index contributed by atoms with van der Waals surface area (Å²) in [5, 5.41) is 5.30. The van der Waals surface area contributed by atoms with Gasteiger partial charge in [-0.3, -0.25) is 14.5 Å². The number of amides is 2. The standard InChI is InChI=1S/C22H28N4O2/c1-6-26-19-10-8-7-9-17(19)18-13-16(11-12-20(18)26)23-22(28)15(2)25(5)14-21(27)24(3)4/h7-13,15H,6,14H2,1-5H3,(H,23,28)/t15-/m1/s1. The molecule has 1 N–H and O–H groups in total. The normalized spacial score (nSPS) is 12.5. The van der Waals surface area contributed by atoms with Crippen molar-refractivity contribution in [2.24, 2.45) is 0 Å². The predicted molar refractivity (Wildman–Crippen MR) is 115 cm³/mol. The van der Waals surface area contributed by atoms with Crippen LogP contribution in [0.15, 0.2) is 42.5 Å². The number of likely N-dealkylation sites (N-methyl/N-ethyl adjacent to an activating group) is 2. The van der Waals surface area contributed by atoms with Crippen LogP contribution in [-0.4, -0.2) is 59.9 Å². The monoisotopic (exact) mass is 380 g/mol. The quantitative estimate of drug-likeness (QED) is 0.715. The summed E-state index contributed by atoms with van der Waals surface area (Å²) in [7, 11) is 5.20. The Hall–Kier alpha value is -2.86. The van der Waals surface area contributed by atoms with E-state index in [9.17, 15) is 9.59 Å². The minimum Gasteiger partial charge on any atom is -0.348 e. The number of carbonyl (C=O) groups is 2. The van der Waals surface area contributed by atoms with Crippen LogP contribution in [-0.2, 0) is 16.1 Å². The van der Waals surface area contributed by atoms with Crippen LogP contribution in [0, 0.1) is 0 Å². The molecule has 0 fully saturated rings. The number of carbonyl (C=O) groups excluding carboxylic acids is 2. The number of aryl methyl sites for hydroxylation is 1. The fraction of sp³-hybridized carbons (Fsp3) is 0.364. The van der Waals surface area contributed by atoms with E-state index < -0.39 is 6.04 Å². The molecule has 0 aliphatic carbocycles. The van der Waals surface area contributed by atoms with Gasteiger partial charge in [-0.2, -0.15) is 0 Å². The highest BCUT2D eigenvalue weighted by Gasteiger charge is 2.21. The maximum atomic E-state index is 12.7. The lowest BCUT2D eigenvalue weighted by Gasteiger charge is -2.24. The third-order valence-corrected chi connectivity index (χ3v) is 5.28. The van der Waals surface area contributed by atoms with Crippen LogP contribution in [0.5, 0.6) is 0 Å². The molecular weight excluding hydrogens is 352 g/mol. The Labute approximate surface area is 165 Å². The van der Waals surface area contributed by atoms with Crippen molar-refractivity contribution in [3.8, 4) is 0 Å². The third-order valence-electron chi connectivity index (χ3n) is 5.28. The number of nitrogens with zero attached hydrogens (tertiary/aromatic N) is 3. The maximum Gasteiger partial charge on any atom is 0.241 e. The van der Waals surface area contributed by atoms with E-state index in [-0.39, 0.29) is 18.4 Å². The number of hydrogen-bond donors (Lipinski definition) is 1. The van der Waals surface area contributed by atoms with Crippen LogP contribution >= 0.6 is 0 Å². The van der Waals surface area contributed by atoms with Gasteiger partial charge in [0.2, 0.25) is 11.8 Å². The van der Waals surface area contributed by atoms with Crippen molar-refractivity contribution in [3.63, 3.8) is 0 Å². The second kappa shape index (κ2) is 8.02. The Kier molecular flexibility index (Phi) is 5.70. The molecule has 2 aromatic carbocycles. The van der Waals surface area contributed by atoms with Gasteiger partial charge in [-0.25, -0.2) is 0 Å². The molecule has 1 heterocycles. The Balaban J connectivity index is 1.83. The van der Waals surface area contributed by atoms with E-state index in [1.165, 1.54) is 15.8 Å². The van der Waals surface area contributed by atoms with Crippen LogP contribution in [0.25, 0.3) is 21.8 Å². The van der Waals surface area contributed by atoms with E-state index in [4.69, 9.17) is 0 Å². The third kappa shape index (κ3) is 3.73. The molecule has 0 bridgehead atoms. The topological polar surface area (TPSA) is 57.6 Å². The van der Waals surface area contributed by atoms with Crippen LogP contribution in [0.1, 0.15) is 13.8 Å². The first kappa shape index (κ1) is 19.9. The maximum absolute atomic E-state index is 12.7. The van der Waals surface area contributed by atoms with Crippen molar-refractivity contribution in [1.82, 2.24) is 14.4 Å². The molecule has 2 amide bonds. The summed E-state index contributed by atoms with van der Waals surface area (Å²) in [5.74, 6) is -0.163. The van der Waals surface area contributed by atoms with E-state index in [0.717, 1.165) is 23.1 Å². The highest BCUT2D eigenvalue weighted by molar-refractivity contribution is 6.10. The predicted octanol–water partition coefficient (Wildman–Crippen LogP) is 3.16. The van der Waals surface area contributed by atoms with Crippen LogP contribution < -0.4 is 5.32 Å². The number of para-hydroxylation sites is 1. The number of benzene rings is 2. The van der Waals surface area contributed by atoms with Gasteiger partial charge in [-0.1, -0.05) is 18.2 Å². The molecule has 0 aliphatic heterocycles. The molecular formula is C22H28N4O2. The zero-order chi connectivity index (χ0) is 20.4. The number of fused-ring (bicyclic) bond motifs is 3. The van der Waals surface area contributed by atoms with E-state index >= 15 is 0 Å². The average molecular weight is 380 g/mol. The molecule has 0 unspecified atom stereocenters. The van der Waals surface area contributed by atoms with Gasteiger partial charge in [0, 0.05) is 48.1 Å². The first-order valence-corrected chi connectivity index (χ1v) is 9.55. The molecule has 0 aliphatic rings. The molecule has 6 heteroatoms. The summed E-state index contributed by atoms with van der Waals surface area (Å²) in [6, 6.07) is 13.9. The van der Waals surface area contributed by atoms with Gasteiger partial charge in [0.15, 0.2) is 0 Å². The minimum absolute atomic E-state index is 0.0315. The molecule has 3 aromatic rings. The number of anilines is 1. The van der Waals surface area contributed by atoms with E-state index in [1.807, 2.05) is 24.3 Å². The van der Waals surface area contributed by atoms with Crippen LogP contribution in [0.2, 0.25) is 0 Å². The number of nitrogens with one attached hydrogen (secondary N) is 1. The molecule has 0 radical (unpaired) electrons. The summed E-state index contributed by atoms with van der Waals surface area (Å²) in [6.07, 6.45) is 0. The van der Waals surface area contributed by atoms with Crippen molar-refractivity contribution < 1.29 is 9.59 Å². The lowest BCUT2D eigenvalue weighted by atomic mass is 10.1. The smallest absolute Gasteiger partial charge is 0.241 e. The van der Waals surface area contributed by atoms with E-state index in [0.29, 0.717) is 0 Å². The van der Waals surface area contributed by atoms with Gasteiger partial charge >= 0.3 is 0 Å². The lowest BCUT2D eigenvalue weighted by Crippen LogP contribution is -2.44. The second-order valence-corrected chi connectivity index (χ2v) is 7.36. The molecule has 1 atom stereocenters. The fourth-order valence-electron chi connectivity index (χ4n) is 3.41. The molecule has 0 saturated heterocycles. The average Bonchev–Trinajstić information content (AvgIpc) is 3.00. The Morgan fingerprint density at radius 2 is 1.71 bits per heavy atom. The number of aromatic nitrogens is 1. The van der Waals surface area contributed by atoms with Gasteiger partial charge < -0.3 is 14.8 Å². The molecule has 148 valence electrons. The van der Waals surface area contributed by atoms with E-state index in [2.05, 4.69) is 35.0 Å². The highest BCUT2D eigenvalue weighted by atomic mass is 16.2. The summed E-state index contributed by atoms with van der Waals surface area (Å²) < 4.78 is 2.28. The van der Waals surface area contributed by atoms with Crippen molar-refractivity contribution >= 4 is 39.3 Å². The highest BCUT2D eigenvalue weighted by Crippen LogP contribution is 2.31. The summed E-state index contributed by atoms with van der Waals surface area (Å²) >= 11 is 0. The van der Waals surface area contributed by atoms with Gasteiger partial charge in [0.05, 0.1) is 12.6 Å². The first-order valence-electron chi connectivity index (χ1n) is 9.55. The lowest BCUT2D eigenvalue weighted by molar-refractivity contribution is -0.131. The number of hydrogen-bond acceptors (Lipinski definition) is 3. The second-order valence-electron chi connectivity index (χ2n) is 7.36. The number of rotatable bonds is 6. The minimum atomic E-state index is -0.420. The zero-order valence-electron chi connectivity index (χ0n) is 17.2.